The molecule has 5 rings (SSSR count). The molecular formula is C25H18O2. The van der Waals surface area contributed by atoms with Crippen LogP contribution < -0.4 is 4.74 Å². The zero-order valence-electron chi connectivity index (χ0n) is 14.7. The molecule has 0 bridgehead atoms. The van der Waals surface area contributed by atoms with Gasteiger partial charge in [0.1, 0.15) is 17.2 Å². The Labute approximate surface area is 158 Å². The van der Waals surface area contributed by atoms with Gasteiger partial charge in [-0.3, -0.25) is 0 Å². The van der Waals surface area contributed by atoms with Gasteiger partial charge in [-0.2, -0.15) is 0 Å². The number of aromatic hydroxyl groups is 1. The molecule has 0 radical (unpaired) electrons. The van der Waals surface area contributed by atoms with Crippen molar-refractivity contribution in [2.24, 2.45) is 0 Å². The van der Waals surface area contributed by atoms with E-state index in [-0.39, 0.29) is 5.75 Å². The summed E-state index contributed by atoms with van der Waals surface area (Å²) in [5.74, 6) is 1.97. The van der Waals surface area contributed by atoms with Gasteiger partial charge in [-0.1, -0.05) is 78.9 Å². The Morgan fingerprint density at radius 1 is 0.519 bits per heavy atom. The van der Waals surface area contributed by atoms with Gasteiger partial charge in [-0.15, -0.1) is 0 Å². The molecule has 0 unspecified atom stereocenters. The van der Waals surface area contributed by atoms with Gasteiger partial charge < -0.3 is 9.84 Å². The van der Waals surface area contributed by atoms with E-state index in [1.54, 1.807) is 12.1 Å². The first-order valence-electron chi connectivity index (χ1n) is 9.02. The molecule has 0 aliphatic carbocycles. The lowest BCUT2D eigenvalue weighted by molar-refractivity contribution is 0.434. The molecule has 0 aromatic heterocycles. The number of rotatable bonds is 2. The first-order valence-corrected chi connectivity index (χ1v) is 9.02. The van der Waals surface area contributed by atoms with Crippen molar-refractivity contribution < 1.29 is 9.84 Å². The SMILES string of the molecule is Oc1ccc(C2(c3ccccc3)c3ccccc3Oc3ccccc32)cc1. The first kappa shape index (κ1) is 15.7. The molecule has 0 atom stereocenters. The molecule has 0 spiro atoms. The summed E-state index contributed by atoms with van der Waals surface area (Å²) in [4.78, 5) is 0. The third-order valence-electron chi connectivity index (χ3n) is 5.31. The van der Waals surface area contributed by atoms with Crippen LogP contribution >= 0.6 is 0 Å². The van der Waals surface area contributed by atoms with E-state index in [0.717, 1.165) is 28.2 Å². The van der Waals surface area contributed by atoms with Crippen LogP contribution in [0.25, 0.3) is 0 Å². The van der Waals surface area contributed by atoms with E-state index >= 15 is 0 Å². The van der Waals surface area contributed by atoms with Crippen LogP contribution in [-0.4, -0.2) is 5.11 Å². The molecule has 0 saturated carbocycles. The van der Waals surface area contributed by atoms with Gasteiger partial charge in [0, 0.05) is 11.1 Å². The van der Waals surface area contributed by atoms with Crippen molar-refractivity contribution in [2.45, 2.75) is 5.41 Å². The number of hydrogen-bond donors (Lipinski definition) is 1. The Morgan fingerprint density at radius 3 is 1.59 bits per heavy atom. The van der Waals surface area contributed by atoms with Crippen molar-refractivity contribution in [3.63, 3.8) is 0 Å². The lowest BCUT2D eigenvalue weighted by atomic mass is 9.64. The molecule has 2 heteroatoms. The molecule has 1 heterocycles. The van der Waals surface area contributed by atoms with E-state index in [1.165, 1.54) is 5.56 Å². The van der Waals surface area contributed by atoms with Crippen LogP contribution in [0.1, 0.15) is 22.3 Å². The average Bonchev–Trinajstić information content (AvgIpc) is 2.73. The molecule has 130 valence electrons. The van der Waals surface area contributed by atoms with Crippen molar-refractivity contribution in [1.29, 1.82) is 0 Å². The number of phenols is 1. The second-order valence-electron chi connectivity index (χ2n) is 6.76. The number of phenolic OH excluding ortho intramolecular Hbond substituents is 1. The molecular weight excluding hydrogens is 332 g/mol. The van der Waals surface area contributed by atoms with E-state index in [4.69, 9.17) is 4.74 Å². The van der Waals surface area contributed by atoms with Crippen LogP contribution in [0.15, 0.2) is 103 Å². The molecule has 1 aliphatic heterocycles. The van der Waals surface area contributed by atoms with Gasteiger partial charge in [0.2, 0.25) is 0 Å². The number of ether oxygens (including phenoxy) is 1. The van der Waals surface area contributed by atoms with Crippen LogP contribution in [0.3, 0.4) is 0 Å². The molecule has 0 fully saturated rings. The first-order chi connectivity index (χ1) is 13.3. The topological polar surface area (TPSA) is 29.5 Å². The monoisotopic (exact) mass is 350 g/mol. The fourth-order valence-corrected chi connectivity index (χ4v) is 4.18. The molecule has 4 aromatic rings. The second kappa shape index (κ2) is 6.03. The maximum atomic E-state index is 9.88. The molecule has 0 saturated heterocycles. The molecule has 2 nitrogen and oxygen atoms in total. The minimum atomic E-state index is -0.513. The number of hydrogen-bond acceptors (Lipinski definition) is 2. The van der Waals surface area contributed by atoms with Gasteiger partial charge >= 0.3 is 0 Å². The van der Waals surface area contributed by atoms with Crippen molar-refractivity contribution in [2.75, 3.05) is 0 Å². The zero-order chi connectivity index (χ0) is 18.3. The largest absolute Gasteiger partial charge is 0.508 e. The van der Waals surface area contributed by atoms with Crippen molar-refractivity contribution in [3.05, 3.63) is 125 Å². The smallest absolute Gasteiger partial charge is 0.132 e. The van der Waals surface area contributed by atoms with Crippen molar-refractivity contribution >= 4 is 0 Å². The summed E-state index contributed by atoms with van der Waals surface area (Å²) in [6.45, 7) is 0. The van der Waals surface area contributed by atoms with Crippen molar-refractivity contribution in [1.82, 2.24) is 0 Å². The summed E-state index contributed by atoms with van der Waals surface area (Å²) < 4.78 is 6.25. The minimum absolute atomic E-state index is 0.260. The maximum absolute atomic E-state index is 9.88. The lowest BCUT2D eigenvalue weighted by Crippen LogP contribution is -2.34. The third-order valence-corrected chi connectivity index (χ3v) is 5.31. The third kappa shape index (κ3) is 2.27. The lowest BCUT2D eigenvalue weighted by Gasteiger charge is -2.41. The maximum Gasteiger partial charge on any atom is 0.132 e. The predicted octanol–water partition coefficient (Wildman–Crippen LogP) is 5.88. The van der Waals surface area contributed by atoms with Gasteiger partial charge in [0.05, 0.1) is 5.41 Å². The number of para-hydroxylation sites is 2. The zero-order valence-corrected chi connectivity index (χ0v) is 14.7. The Hall–Kier alpha value is -3.52. The molecule has 27 heavy (non-hydrogen) atoms. The second-order valence-corrected chi connectivity index (χ2v) is 6.76. The van der Waals surface area contributed by atoms with Crippen molar-refractivity contribution in [3.8, 4) is 17.2 Å². The highest BCUT2D eigenvalue weighted by Crippen LogP contribution is 2.55. The minimum Gasteiger partial charge on any atom is -0.508 e. The van der Waals surface area contributed by atoms with Gasteiger partial charge in [-0.25, -0.2) is 0 Å². The highest BCUT2D eigenvalue weighted by molar-refractivity contribution is 5.69. The van der Waals surface area contributed by atoms with E-state index in [2.05, 4.69) is 36.4 Å². The molecule has 1 aliphatic rings. The Kier molecular flexibility index (Phi) is 3.51. The van der Waals surface area contributed by atoms with Gasteiger partial charge in [-0.05, 0) is 35.4 Å². The fourth-order valence-electron chi connectivity index (χ4n) is 4.18. The summed E-state index contributed by atoms with van der Waals surface area (Å²) in [5, 5.41) is 9.88. The summed E-state index contributed by atoms with van der Waals surface area (Å²) in [6, 6.07) is 34.4. The molecule has 0 amide bonds. The van der Waals surface area contributed by atoms with Crippen LogP contribution in [-0.2, 0) is 5.41 Å². The highest BCUT2D eigenvalue weighted by Gasteiger charge is 2.44. The van der Waals surface area contributed by atoms with Crippen LogP contribution in [0.4, 0.5) is 0 Å². The molecule has 4 aromatic carbocycles. The van der Waals surface area contributed by atoms with Crippen LogP contribution in [0.2, 0.25) is 0 Å². The summed E-state index contributed by atoms with van der Waals surface area (Å²) in [5.41, 5.74) is 3.94. The Morgan fingerprint density at radius 2 is 1.00 bits per heavy atom. The number of fused-ring (bicyclic) bond motifs is 2. The van der Waals surface area contributed by atoms with E-state index in [1.807, 2.05) is 54.6 Å². The van der Waals surface area contributed by atoms with E-state index < -0.39 is 5.41 Å². The average molecular weight is 350 g/mol. The molecule has 1 N–H and O–H groups in total. The quantitative estimate of drug-likeness (QED) is 0.431. The summed E-state index contributed by atoms with van der Waals surface area (Å²) >= 11 is 0. The van der Waals surface area contributed by atoms with Gasteiger partial charge in [0.15, 0.2) is 0 Å². The van der Waals surface area contributed by atoms with E-state index in [0.29, 0.717) is 0 Å². The van der Waals surface area contributed by atoms with Crippen LogP contribution in [0.5, 0.6) is 17.2 Å². The number of benzene rings is 4. The van der Waals surface area contributed by atoms with Crippen LogP contribution in [0, 0.1) is 0 Å². The Bertz CT molecular complexity index is 1050. The standard InChI is InChI=1S/C25H18O2/c26-20-16-14-19(15-17-20)25(18-8-2-1-3-9-18)21-10-4-6-12-23(21)27-24-13-7-5-11-22(24)25/h1-17,26H. The summed E-state index contributed by atoms with van der Waals surface area (Å²) in [6.07, 6.45) is 0. The highest BCUT2D eigenvalue weighted by atomic mass is 16.5. The van der Waals surface area contributed by atoms with E-state index in [9.17, 15) is 5.11 Å². The summed E-state index contributed by atoms with van der Waals surface area (Å²) in [7, 11) is 0. The normalized spacial score (nSPS) is 13.9. The Balaban J connectivity index is 1.95. The fraction of sp³-hybridized carbons (Fsp3) is 0.0400. The van der Waals surface area contributed by atoms with Gasteiger partial charge in [0.25, 0.3) is 0 Å². The predicted molar refractivity (Wildman–Crippen MR) is 106 cm³/mol.